The van der Waals surface area contributed by atoms with Crippen molar-refractivity contribution in [1.82, 2.24) is 5.32 Å². The Labute approximate surface area is 133 Å². The SMILES string of the molecule is CNC(=O)c1c(N)sc2c1CCC(C#N)(c1ccccc1)C2. The number of carbonyl (C=O) groups is 1. The number of benzene rings is 1. The smallest absolute Gasteiger partial charge is 0.254 e. The molecule has 112 valence electrons. The number of anilines is 1. The second kappa shape index (κ2) is 5.47. The highest BCUT2D eigenvalue weighted by atomic mass is 32.1. The van der Waals surface area contributed by atoms with E-state index in [9.17, 15) is 10.1 Å². The molecule has 1 aromatic heterocycles. The Bertz CT molecular complexity index is 760. The monoisotopic (exact) mass is 311 g/mol. The molecule has 1 atom stereocenters. The Morgan fingerprint density at radius 1 is 1.41 bits per heavy atom. The predicted molar refractivity (Wildman–Crippen MR) is 87.9 cm³/mol. The van der Waals surface area contributed by atoms with Crippen molar-refractivity contribution in [2.24, 2.45) is 0 Å². The van der Waals surface area contributed by atoms with Gasteiger partial charge in [0, 0.05) is 18.3 Å². The third-order valence-electron chi connectivity index (χ3n) is 4.38. The van der Waals surface area contributed by atoms with E-state index in [1.807, 2.05) is 30.3 Å². The zero-order valence-electron chi connectivity index (χ0n) is 12.3. The van der Waals surface area contributed by atoms with Gasteiger partial charge in [-0.05, 0) is 24.0 Å². The van der Waals surface area contributed by atoms with Crippen LogP contribution < -0.4 is 11.1 Å². The van der Waals surface area contributed by atoms with E-state index in [-0.39, 0.29) is 5.91 Å². The molecular formula is C17H17N3OS. The molecule has 0 saturated heterocycles. The molecule has 0 spiro atoms. The lowest BCUT2D eigenvalue weighted by molar-refractivity contribution is 0.0963. The molecule has 1 unspecified atom stereocenters. The maximum Gasteiger partial charge on any atom is 0.254 e. The zero-order valence-corrected chi connectivity index (χ0v) is 13.2. The predicted octanol–water partition coefficient (Wildman–Crippen LogP) is 2.64. The van der Waals surface area contributed by atoms with Gasteiger partial charge >= 0.3 is 0 Å². The number of hydrogen-bond donors (Lipinski definition) is 2. The van der Waals surface area contributed by atoms with Crippen LogP contribution in [0.4, 0.5) is 5.00 Å². The summed E-state index contributed by atoms with van der Waals surface area (Å²) in [5, 5.41) is 13.0. The van der Waals surface area contributed by atoms with Crippen LogP contribution in [0.1, 0.15) is 32.8 Å². The van der Waals surface area contributed by atoms with Gasteiger partial charge in [0.1, 0.15) is 0 Å². The summed E-state index contributed by atoms with van der Waals surface area (Å²) in [5.74, 6) is -0.140. The molecule has 0 aliphatic heterocycles. The number of nitrogen functional groups attached to an aromatic ring is 1. The summed E-state index contributed by atoms with van der Waals surface area (Å²) in [5.41, 5.74) is 8.17. The number of fused-ring (bicyclic) bond motifs is 1. The number of nitrogens with two attached hydrogens (primary N) is 1. The molecule has 4 nitrogen and oxygen atoms in total. The molecule has 3 rings (SSSR count). The van der Waals surface area contributed by atoms with Crippen LogP contribution in [-0.4, -0.2) is 13.0 Å². The molecule has 3 N–H and O–H groups in total. The van der Waals surface area contributed by atoms with E-state index in [0.29, 0.717) is 29.8 Å². The first-order valence-electron chi connectivity index (χ1n) is 7.20. The first-order chi connectivity index (χ1) is 10.6. The standard InChI is InChI=1S/C17H17N3OS/c1-20-16(21)14-12-7-8-17(10-18,9-13(12)22-15(14)19)11-5-3-2-4-6-11/h2-6H,7-9,19H2,1H3,(H,20,21). The highest BCUT2D eigenvalue weighted by molar-refractivity contribution is 7.16. The van der Waals surface area contributed by atoms with Crippen molar-refractivity contribution in [2.45, 2.75) is 24.7 Å². The van der Waals surface area contributed by atoms with Crippen molar-refractivity contribution in [3.05, 3.63) is 51.9 Å². The van der Waals surface area contributed by atoms with Gasteiger partial charge in [-0.15, -0.1) is 11.3 Å². The van der Waals surface area contributed by atoms with Gasteiger partial charge in [-0.2, -0.15) is 5.26 Å². The third kappa shape index (κ3) is 2.16. The van der Waals surface area contributed by atoms with Gasteiger partial charge in [-0.25, -0.2) is 0 Å². The van der Waals surface area contributed by atoms with Crippen LogP contribution in [0, 0.1) is 11.3 Å². The van der Waals surface area contributed by atoms with E-state index in [2.05, 4.69) is 11.4 Å². The van der Waals surface area contributed by atoms with Crippen LogP contribution in [0.15, 0.2) is 30.3 Å². The minimum Gasteiger partial charge on any atom is -0.390 e. The highest BCUT2D eigenvalue weighted by Crippen LogP contribution is 2.44. The summed E-state index contributed by atoms with van der Waals surface area (Å²) in [6.07, 6.45) is 2.03. The second-order valence-corrected chi connectivity index (χ2v) is 6.70. The minimum absolute atomic E-state index is 0.140. The molecule has 0 fully saturated rings. The van der Waals surface area contributed by atoms with Crippen molar-refractivity contribution in [1.29, 1.82) is 5.26 Å². The molecule has 1 heterocycles. The Morgan fingerprint density at radius 3 is 2.77 bits per heavy atom. The molecule has 1 aliphatic rings. The lowest BCUT2D eigenvalue weighted by Crippen LogP contribution is -2.32. The fourth-order valence-corrected chi connectivity index (χ4v) is 4.41. The fourth-order valence-electron chi connectivity index (χ4n) is 3.18. The summed E-state index contributed by atoms with van der Waals surface area (Å²) in [6.45, 7) is 0. The zero-order chi connectivity index (χ0) is 15.7. The highest BCUT2D eigenvalue weighted by Gasteiger charge is 2.39. The second-order valence-electron chi connectivity index (χ2n) is 5.56. The van der Waals surface area contributed by atoms with Gasteiger partial charge in [-0.1, -0.05) is 30.3 Å². The topological polar surface area (TPSA) is 78.9 Å². The number of hydrogen-bond acceptors (Lipinski definition) is 4. The molecular weight excluding hydrogens is 294 g/mol. The van der Waals surface area contributed by atoms with Crippen molar-refractivity contribution in [3.63, 3.8) is 0 Å². The van der Waals surface area contributed by atoms with Crippen LogP contribution in [0.2, 0.25) is 0 Å². The summed E-state index contributed by atoms with van der Waals surface area (Å²) in [7, 11) is 1.61. The van der Waals surface area contributed by atoms with Crippen molar-refractivity contribution in [3.8, 4) is 6.07 Å². The average molecular weight is 311 g/mol. The molecule has 22 heavy (non-hydrogen) atoms. The normalized spacial score (nSPS) is 20.0. The largest absolute Gasteiger partial charge is 0.390 e. The number of thiophene rings is 1. The van der Waals surface area contributed by atoms with Gasteiger partial charge in [-0.3, -0.25) is 4.79 Å². The Balaban J connectivity index is 2.05. The van der Waals surface area contributed by atoms with Gasteiger partial charge in [0.25, 0.3) is 5.91 Å². The maximum absolute atomic E-state index is 12.0. The van der Waals surface area contributed by atoms with Crippen LogP contribution in [-0.2, 0) is 18.3 Å². The summed E-state index contributed by atoms with van der Waals surface area (Å²) >= 11 is 1.44. The lowest BCUT2D eigenvalue weighted by Gasteiger charge is -2.31. The van der Waals surface area contributed by atoms with Crippen molar-refractivity contribution >= 4 is 22.2 Å². The molecule has 0 saturated carbocycles. The Morgan fingerprint density at radius 2 is 2.14 bits per heavy atom. The van der Waals surface area contributed by atoms with E-state index in [4.69, 9.17) is 5.73 Å². The van der Waals surface area contributed by atoms with Gasteiger partial charge in [0.2, 0.25) is 0 Å². The van der Waals surface area contributed by atoms with E-state index in [0.717, 1.165) is 16.0 Å². The number of rotatable bonds is 2. The Kier molecular flexibility index (Phi) is 3.63. The van der Waals surface area contributed by atoms with Gasteiger partial charge < -0.3 is 11.1 Å². The number of amides is 1. The third-order valence-corrected chi connectivity index (χ3v) is 5.44. The quantitative estimate of drug-likeness (QED) is 0.895. The summed E-state index contributed by atoms with van der Waals surface area (Å²) in [4.78, 5) is 13.1. The maximum atomic E-state index is 12.0. The van der Waals surface area contributed by atoms with E-state index < -0.39 is 5.41 Å². The summed E-state index contributed by atoms with van der Waals surface area (Å²) in [6, 6.07) is 12.4. The average Bonchev–Trinajstić information content (AvgIpc) is 2.89. The first-order valence-corrected chi connectivity index (χ1v) is 8.02. The number of nitrogens with one attached hydrogen (secondary N) is 1. The molecule has 1 amide bonds. The van der Waals surface area contributed by atoms with Crippen LogP contribution >= 0.6 is 11.3 Å². The minimum atomic E-state index is -0.522. The van der Waals surface area contributed by atoms with Gasteiger partial charge in [0.15, 0.2) is 0 Å². The van der Waals surface area contributed by atoms with E-state index in [1.54, 1.807) is 7.05 Å². The molecule has 0 bridgehead atoms. The van der Waals surface area contributed by atoms with E-state index in [1.165, 1.54) is 11.3 Å². The molecule has 2 aromatic rings. The number of carbonyl (C=O) groups excluding carboxylic acids is 1. The molecule has 1 aromatic carbocycles. The van der Waals surface area contributed by atoms with Crippen molar-refractivity contribution in [2.75, 3.05) is 12.8 Å². The van der Waals surface area contributed by atoms with Crippen molar-refractivity contribution < 1.29 is 4.79 Å². The lowest BCUT2D eigenvalue weighted by atomic mass is 9.70. The molecule has 1 aliphatic carbocycles. The van der Waals surface area contributed by atoms with Crippen LogP contribution in [0.5, 0.6) is 0 Å². The molecule has 5 heteroatoms. The van der Waals surface area contributed by atoms with Crippen LogP contribution in [0.25, 0.3) is 0 Å². The van der Waals surface area contributed by atoms with Crippen LogP contribution in [0.3, 0.4) is 0 Å². The van der Waals surface area contributed by atoms with E-state index >= 15 is 0 Å². The number of nitrogens with zero attached hydrogens (tertiary/aromatic N) is 1. The molecule has 0 radical (unpaired) electrons. The summed E-state index contributed by atoms with van der Waals surface area (Å²) < 4.78 is 0. The Hall–Kier alpha value is -2.32. The fraction of sp³-hybridized carbons (Fsp3) is 0.294. The van der Waals surface area contributed by atoms with Gasteiger partial charge in [0.05, 0.1) is 22.0 Å². The first kappa shape index (κ1) is 14.6. The number of nitriles is 1.